The summed E-state index contributed by atoms with van der Waals surface area (Å²) in [5, 5.41) is 15.2. The van der Waals surface area contributed by atoms with Crippen molar-refractivity contribution < 1.29 is 9.59 Å². The van der Waals surface area contributed by atoms with Crippen molar-refractivity contribution >= 4 is 29.1 Å². The van der Waals surface area contributed by atoms with Crippen LogP contribution in [-0.2, 0) is 4.79 Å². The zero-order valence-corrected chi connectivity index (χ0v) is 11.1. The maximum absolute atomic E-state index is 11.6. The Morgan fingerprint density at radius 1 is 1.47 bits per heavy atom. The highest BCUT2D eigenvalue weighted by molar-refractivity contribution is 7.08. The summed E-state index contributed by atoms with van der Waals surface area (Å²) in [4.78, 5) is 27.1. The van der Waals surface area contributed by atoms with Gasteiger partial charge in [-0.2, -0.15) is 16.3 Å². The summed E-state index contributed by atoms with van der Waals surface area (Å²) >= 11 is 1.45. The van der Waals surface area contributed by atoms with Gasteiger partial charge < -0.3 is 5.32 Å². The van der Waals surface area contributed by atoms with Gasteiger partial charge in [-0.05, 0) is 18.4 Å². The van der Waals surface area contributed by atoms with Crippen molar-refractivity contribution in [1.29, 1.82) is 0 Å². The predicted octanol–water partition coefficient (Wildman–Crippen LogP) is 0.933. The third-order valence-electron chi connectivity index (χ3n) is 2.27. The average molecular weight is 279 g/mol. The van der Waals surface area contributed by atoms with Crippen LogP contribution in [0.5, 0.6) is 0 Å². The minimum absolute atomic E-state index is 0.170. The molecule has 7 nitrogen and oxygen atoms in total. The van der Waals surface area contributed by atoms with E-state index < -0.39 is 0 Å². The highest BCUT2D eigenvalue weighted by Gasteiger charge is 2.08. The second-order valence-electron chi connectivity index (χ2n) is 3.81. The number of aryl methyl sites for hydroxylation is 1. The molecule has 0 aromatic carbocycles. The van der Waals surface area contributed by atoms with E-state index in [9.17, 15) is 9.59 Å². The van der Waals surface area contributed by atoms with Crippen LogP contribution in [0.4, 0.5) is 5.95 Å². The summed E-state index contributed by atoms with van der Waals surface area (Å²) < 4.78 is 0. The number of hydrogen-bond donors (Lipinski definition) is 3. The number of aromatic nitrogens is 3. The van der Waals surface area contributed by atoms with Crippen molar-refractivity contribution in [2.24, 2.45) is 0 Å². The minimum atomic E-state index is -0.246. The van der Waals surface area contributed by atoms with Crippen LogP contribution in [0.15, 0.2) is 16.8 Å². The fourth-order valence-corrected chi connectivity index (χ4v) is 2.01. The van der Waals surface area contributed by atoms with Crippen LogP contribution in [0.25, 0.3) is 0 Å². The van der Waals surface area contributed by atoms with Gasteiger partial charge in [0.25, 0.3) is 5.91 Å². The molecule has 0 unspecified atom stereocenters. The zero-order chi connectivity index (χ0) is 13.7. The van der Waals surface area contributed by atoms with E-state index in [1.165, 1.54) is 11.3 Å². The van der Waals surface area contributed by atoms with Gasteiger partial charge in [0, 0.05) is 23.9 Å². The summed E-state index contributed by atoms with van der Waals surface area (Å²) in [7, 11) is 0. The number of anilines is 1. The summed E-state index contributed by atoms with van der Waals surface area (Å²) in [6.45, 7) is 2.01. The zero-order valence-electron chi connectivity index (χ0n) is 10.3. The van der Waals surface area contributed by atoms with E-state index >= 15 is 0 Å². The quantitative estimate of drug-likeness (QED) is 0.758. The van der Waals surface area contributed by atoms with Gasteiger partial charge in [-0.3, -0.25) is 20.0 Å². The number of nitrogens with zero attached hydrogens (tertiary/aromatic N) is 2. The third-order valence-corrected chi connectivity index (χ3v) is 2.95. The molecule has 0 spiro atoms. The van der Waals surface area contributed by atoms with Gasteiger partial charge in [0.1, 0.15) is 5.82 Å². The SMILES string of the molecule is Cc1nc(NC(=O)CCNC(=O)c2ccsc2)n[nH]1. The lowest BCUT2D eigenvalue weighted by Crippen LogP contribution is -2.27. The summed E-state index contributed by atoms with van der Waals surface area (Å²) in [5.74, 6) is 0.445. The molecule has 2 rings (SSSR count). The molecule has 2 aromatic heterocycles. The van der Waals surface area contributed by atoms with Crippen LogP contribution in [-0.4, -0.2) is 33.5 Å². The first-order valence-corrected chi connectivity index (χ1v) is 6.58. The van der Waals surface area contributed by atoms with Crippen molar-refractivity contribution in [1.82, 2.24) is 20.5 Å². The first kappa shape index (κ1) is 13.2. The van der Waals surface area contributed by atoms with Gasteiger partial charge in [0.2, 0.25) is 11.9 Å². The normalized spacial score (nSPS) is 10.2. The average Bonchev–Trinajstić information content (AvgIpc) is 3.00. The number of aromatic amines is 1. The van der Waals surface area contributed by atoms with Crippen molar-refractivity contribution in [3.8, 4) is 0 Å². The molecule has 0 saturated heterocycles. The van der Waals surface area contributed by atoms with Crippen molar-refractivity contribution in [3.63, 3.8) is 0 Å². The van der Waals surface area contributed by atoms with E-state index in [0.29, 0.717) is 11.4 Å². The van der Waals surface area contributed by atoms with E-state index in [2.05, 4.69) is 25.8 Å². The van der Waals surface area contributed by atoms with Gasteiger partial charge in [-0.15, -0.1) is 5.10 Å². The van der Waals surface area contributed by atoms with Gasteiger partial charge >= 0.3 is 0 Å². The summed E-state index contributed by atoms with van der Waals surface area (Å²) in [6, 6.07) is 1.73. The van der Waals surface area contributed by atoms with Crippen LogP contribution < -0.4 is 10.6 Å². The lowest BCUT2D eigenvalue weighted by molar-refractivity contribution is -0.116. The lowest BCUT2D eigenvalue weighted by atomic mass is 10.3. The monoisotopic (exact) mass is 279 g/mol. The number of hydrogen-bond acceptors (Lipinski definition) is 5. The second kappa shape index (κ2) is 6.10. The maximum Gasteiger partial charge on any atom is 0.252 e. The Bertz CT molecular complexity index is 563. The Kier molecular flexibility index (Phi) is 4.24. The van der Waals surface area contributed by atoms with E-state index in [-0.39, 0.29) is 30.7 Å². The van der Waals surface area contributed by atoms with Crippen LogP contribution in [0.3, 0.4) is 0 Å². The molecule has 0 radical (unpaired) electrons. The number of H-pyrrole nitrogens is 1. The van der Waals surface area contributed by atoms with Gasteiger partial charge in [-0.1, -0.05) is 0 Å². The highest BCUT2D eigenvalue weighted by atomic mass is 32.1. The van der Waals surface area contributed by atoms with Gasteiger partial charge in [-0.25, -0.2) is 0 Å². The Balaban J connectivity index is 1.71. The lowest BCUT2D eigenvalue weighted by Gasteiger charge is -2.03. The maximum atomic E-state index is 11.6. The molecular formula is C11H13N5O2S. The van der Waals surface area contributed by atoms with E-state index in [4.69, 9.17) is 0 Å². The molecule has 100 valence electrons. The predicted molar refractivity (Wildman–Crippen MR) is 71.0 cm³/mol. The van der Waals surface area contributed by atoms with Crippen LogP contribution in [0.2, 0.25) is 0 Å². The fourth-order valence-electron chi connectivity index (χ4n) is 1.37. The number of nitrogens with one attached hydrogen (secondary N) is 3. The summed E-state index contributed by atoms with van der Waals surface area (Å²) in [5.41, 5.74) is 0.606. The molecule has 8 heteroatoms. The molecule has 0 aliphatic carbocycles. The third kappa shape index (κ3) is 3.88. The largest absolute Gasteiger partial charge is 0.351 e. The van der Waals surface area contributed by atoms with E-state index in [1.807, 2.05) is 5.38 Å². The molecule has 2 aromatic rings. The molecule has 0 saturated carbocycles. The Hall–Kier alpha value is -2.22. The molecule has 2 amide bonds. The Morgan fingerprint density at radius 2 is 2.32 bits per heavy atom. The summed E-state index contributed by atoms with van der Waals surface area (Å²) in [6.07, 6.45) is 0.170. The molecule has 0 bridgehead atoms. The number of rotatable bonds is 5. The standard InChI is InChI=1S/C11H13N5O2S/c1-7-13-11(16-15-7)14-9(17)2-4-12-10(18)8-3-5-19-6-8/h3,5-6H,2,4H2,1H3,(H,12,18)(H2,13,14,15,16,17). The molecule has 3 N–H and O–H groups in total. The molecule has 0 fully saturated rings. The Morgan fingerprint density at radius 3 is 2.95 bits per heavy atom. The molecule has 19 heavy (non-hydrogen) atoms. The van der Waals surface area contributed by atoms with Gasteiger partial charge in [0.15, 0.2) is 0 Å². The number of carbonyl (C=O) groups is 2. The van der Waals surface area contributed by atoms with E-state index in [0.717, 1.165) is 0 Å². The molecule has 0 aliphatic heterocycles. The Labute approximate surface area is 113 Å². The van der Waals surface area contributed by atoms with Gasteiger partial charge in [0.05, 0.1) is 0 Å². The fraction of sp³-hybridized carbons (Fsp3) is 0.273. The van der Waals surface area contributed by atoms with Crippen LogP contribution in [0.1, 0.15) is 22.6 Å². The van der Waals surface area contributed by atoms with Crippen molar-refractivity contribution in [2.75, 3.05) is 11.9 Å². The number of amides is 2. The van der Waals surface area contributed by atoms with E-state index in [1.54, 1.807) is 18.4 Å². The second-order valence-corrected chi connectivity index (χ2v) is 4.59. The first-order chi connectivity index (χ1) is 9.15. The number of carbonyl (C=O) groups excluding carboxylic acids is 2. The minimum Gasteiger partial charge on any atom is -0.351 e. The van der Waals surface area contributed by atoms with Crippen molar-refractivity contribution in [3.05, 3.63) is 28.2 Å². The van der Waals surface area contributed by atoms with Crippen LogP contribution >= 0.6 is 11.3 Å². The topological polar surface area (TPSA) is 99.8 Å². The molecule has 0 atom stereocenters. The molecule has 0 aliphatic rings. The molecule has 2 heterocycles. The smallest absolute Gasteiger partial charge is 0.252 e. The molecular weight excluding hydrogens is 266 g/mol. The van der Waals surface area contributed by atoms with Crippen LogP contribution in [0, 0.1) is 6.92 Å². The van der Waals surface area contributed by atoms with Crippen molar-refractivity contribution in [2.45, 2.75) is 13.3 Å². The highest BCUT2D eigenvalue weighted by Crippen LogP contribution is 2.05. The first-order valence-electron chi connectivity index (χ1n) is 5.64. The number of thiophene rings is 1.